The minimum atomic E-state index is -0.302. The van der Waals surface area contributed by atoms with Crippen LogP contribution in [0, 0.1) is 5.92 Å². The number of halogens is 1. The Labute approximate surface area is 111 Å². The van der Waals surface area contributed by atoms with Gasteiger partial charge < -0.3 is 0 Å². The lowest BCUT2D eigenvalue weighted by molar-refractivity contribution is -0.136. The fourth-order valence-electron chi connectivity index (χ4n) is 3.03. The first-order chi connectivity index (χ1) is 8.60. The molecule has 1 aromatic carbocycles. The second-order valence-corrected chi connectivity index (χ2v) is 5.70. The maximum Gasteiger partial charge on any atom is 0.227 e. The highest BCUT2D eigenvalue weighted by Crippen LogP contribution is 2.52. The molecule has 0 spiro atoms. The third-order valence-corrected chi connectivity index (χ3v) is 4.26. The molecule has 0 aromatic heterocycles. The zero-order chi connectivity index (χ0) is 12.8. The van der Waals surface area contributed by atoms with Crippen LogP contribution < -0.4 is 5.32 Å². The van der Waals surface area contributed by atoms with E-state index in [4.69, 9.17) is 11.6 Å². The third-order valence-electron chi connectivity index (χ3n) is 4.01. The predicted octanol–water partition coefficient (Wildman–Crippen LogP) is 2.42. The largest absolute Gasteiger partial charge is 0.296 e. The minimum absolute atomic E-state index is 0.159. The summed E-state index contributed by atoms with van der Waals surface area (Å²) in [5, 5.41) is 3.07. The summed E-state index contributed by atoms with van der Waals surface area (Å²) in [6.45, 7) is 0. The predicted molar refractivity (Wildman–Crippen MR) is 68.2 cm³/mol. The molecule has 1 aliphatic carbocycles. The summed E-state index contributed by atoms with van der Waals surface area (Å²) in [6, 6.07) is 7.56. The first-order valence-electron chi connectivity index (χ1n) is 6.19. The fraction of sp³-hybridized carbons (Fsp3) is 0.429. The number of benzene rings is 1. The molecule has 2 aliphatic rings. The van der Waals surface area contributed by atoms with E-state index in [-0.39, 0.29) is 17.2 Å². The molecule has 1 saturated carbocycles. The monoisotopic (exact) mass is 263 g/mol. The SMILES string of the molecule is O=C1CC(c2ccc(Cl)cc2)(C2CC2)CC(=O)N1. The Hall–Kier alpha value is -1.35. The maximum atomic E-state index is 11.7. The molecule has 1 saturated heterocycles. The Morgan fingerprint density at radius 2 is 1.61 bits per heavy atom. The van der Waals surface area contributed by atoms with Crippen molar-refractivity contribution >= 4 is 23.4 Å². The van der Waals surface area contributed by atoms with Crippen molar-refractivity contribution in [3.8, 4) is 0 Å². The number of imide groups is 1. The number of carbonyl (C=O) groups excluding carboxylic acids is 2. The highest BCUT2D eigenvalue weighted by Gasteiger charge is 2.51. The number of carbonyl (C=O) groups is 2. The molecule has 2 fully saturated rings. The van der Waals surface area contributed by atoms with Gasteiger partial charge >= 0.3 is 0 Å². The summed E-state index contributed by atoms with van der Waals surface area (Å²) in [5.41, 5.74) is 0.766. The lowest BCUT2D eigenvalue weighted by Gasteiger charge is -2.36. The number of rotatable bonds is 2. The van der Waals surface area contributed by atoms with E-state index in [0.717, 1.165) is 18.4 Å². The number of nitrogens with one attached hydrogen (secondary N) is 1. The number of hydrogen-bond donors (Lipinski definition) is 1. The molecule has 0 radical (unpaired) electrons. The van der Waals surface area contributed by atoms with E-state index in [1.807, 2.05) is 24.3 Å². The van der Waals surface area contributed by atoms with E-state index in [1.165, 1.54) is 0 Å². The van der Waals surface area contributed by atoms with Crippen molar-refractivity contribution in [1.82, 2.24) is 5.32 Å². The molecule has 1 heterocycles. The minimum Gasteiger partial charge on any atom is -0.296 e. The molecule has 2 amide bonds. The van der Waals surface area contributed by atoms with Crippen molar-refractivity contribution in [1.29, 1.82) is 0 Å². The van der Waals surface area contributed by atoms with Crippen molar-refractivity contribution < 1.29 is 9.59 Å². The maximum absolute atomic E-state index is 11.7. The van der Waals surface area contributed by atoms with E-state index in [2.05, 4.69) is 5.32 Å². The van der Waals surface area contributed by atoms with Crippen LogP contribution in [-0.2, 0) is 15.0 Å². The van der Waals surface area contributed by atoms with Crippen LogP contribution in [0.5, 0.6) is 0 Å². The van der Waals surface area contributed by atoms with Gasteiger partial charge in [-0.2, -0.15) is 0 Å². The van der Waals surface area contributed by atoms with Crippen LogP contribution >= 0.6 is 11.6 Å². The van der Waals surface area contributed by atoms with Crippen LogP contribution in [-0.4, -0.2) is 11.8 Å². The van der Waals surface area contributed by atoms with Crippen LogP contribution in [0.25, 0.3) is 0 Å². The Bertz CT molecular complexity index is 489. The average molecular weight is 264 g/mol. The molecule has 1 aromatic rings. The molecule has 3 nitrogen and oxygen atoms in total. The fourth-order valence-corrected chi connectivity index (χ4v) is 3.15. The Balaban J connectivity index is 2.03. The van der Waals surface area contributed by atoms with Gasteiger partial charge in [-0.15, -0.1) is 0 Å². The quantitative estimate of drug-likeness (QED) is 0.833. The van der Waals surface area contributed by atoms with Crippen molar-refractivity contribution in [2.24, 2.45) is 5.92 Å². The van der Waals surface area contributed by atoms with Gasteiger partial charge in [-0.25, -0.2) is 0 Å². The van der Waals surface area contributed by atoms with Gasteiger partial charge in [-0.1, -0.05) is 23.7 Å². The van der Waals surface area contributed by atoms with Crippen LogP contribution in [0.3, 0.4) is 0 Å². The third kappa shape index (κ3) is 1.93. The molecule has 3 rings (SSSR count). The van der Waals surface area contributed by atoms with Gasteiger partial charge in [-0.3, -0.25) is 14.9 Å². The van der Waals surface area contributed by atoms with Gasteiger partial charge in [0.05, 0.1) is 0 Å². The van der Waals surface area contributed by atoms with Crippen molar-refractivity contribution in [2.75, 3.05) is 0 Å². The van der Waals surface area contributed by atoms with Gasteiger partial charge in [0.1, 0.15) is 0 Å². The van der Waals surface area contributed by atoms with Gasteiger partial charge in [0.2, 0.25) is 11.8 Å². The van der Waals surface area contributed by atoms with Crippen molar-refractivity contribution in [3.63, 3.8) is 0 Å². The average Bonchev–Trinajstić information content (AvgIpc) is 3.12. The summed E-state index contributed by atoms with van der Waals surface area (Å²) in [5.74, 6) is 0.134. The normalized spacial score (nSPS) is 22.7. The van der Waals surface area contributed by atoms with E-state index in [0.29, 0.717) is 23.8 Å². The molecule has 18 heavy (non-hydrogen) atoms. The van der Waals surface area contributed by atoms with E-state index >= 15 is 0 Å². The topological polar surface area (TPSA) is 46.2 Å². The first kappa shape index (κ1) is 11.7. The van der Waals surface area contributed by atoms with Gasteiger partial charge in [-0.05, 0) is 36.5 Å². The summed E-state index contributed by atoms with van der Waals surface area (Å²) in [6.07, 6.45) is 3.02. The molecule has 4 heteroatoms. The number of piperidine rings is 1. The zero-order valence-corrected chi connectivity index (χ0v) is 10.7. The Kier molecular flexibility index (Phi) is 2.67. The van der Waals surface area contributed by atoms with Crippen LogP contribution in [0.4, 0.5) is 0 Å². The summed E-state index contributed by atoms with van der Waals surface area (Å²) in [7, 11) is 0. The van der Waals surface area contributed by atoms with Gasteiger partial charge in [0.15, 0.2) is 0 Å². The second-order valence-electron chi connectivity index (χ2n) is 5.26. The summed E-state index contributed by atoms with van der Waals surface area (Å²) >= 11 is 5.90. The Morgan fingerprint density at radius 1 is 1.06 bits per heavy atom. The van der Waals surface area contributed by atoms with E-state index in [9.17, 15) is 9.59 Å². The molecular formula is C14H14ClNO2. The molecule has 94 valence electrons. The van der Waals surface area contributed by atoms with Crippen molar-refractivity contribution in [2.45, 2.75) is 31.1 Å². The summed E-state index contributed by atoms with van der Waals surface area (Å²) < 4.78 is 0. The van der Waals surface area contributed by atoms with E-state index < -0.39 is 0 Å². The lowest BCUT2D eigenvalue weighted by atomic mass is 9.69. The van der Waals surface area contributed by atoms with Gasteiger partial charge in [0, 0.05) is 23.3 Å². The standard InChI is InChI=1S/C14H14ClNO2/c15-11-5-3-10(4-6-11)14(9-1-2-9)7-12(17)16-13(18)8-14/h3-6,9H,1-2,7-8H2,(H,16,17,18). The number of hydrogen-bond acceptors (Lipinski definition) is 2. The zero-order valence-electron chi connectivity index (χ0n) is 9.91. The summed E-state index contributed by atoms with van der Waals surface area (Å²) in [4.78, 5) is 23.4. The molecule has 0 bridgehead atoms. The lowest BCUT2D eigenvalue weighted by Crippen LogP contribution is -2.48. The molecule has 0 atom stereocenters. The number of amides is 2. The first-order valence-corrected chi connectivity index (χ1v) is 6.57. The second kappa shape index (κ2) is 4.09. The van der Waals surface area contributed by atoms with Crippen LogP contribution in [0.15, 0.2) is 24.3 Å². The molecular weight excluding hydrogens is 250 g/mol. The molecule has 1 N–H and O–H groups in total. The molecule has 0 unspecified atom stereocenters. The van der Waals surface area contributed by atoms with Crippen LogP contribution in [0.1, 0.15) is 31.2 Å². The molecule has 1 aliphatic heterocycles. The Morgan fingerprint density at radius 3 is 2.11 bits per heavy atom. The highest BCUT2D eigenvalue weighted by atomic mass is 35.5. The van der Waals surface area contributed by atoms with E-state index in [1.54, 1.807) is 0 Å². The smallest absolute Gasteiger partial charge is 0.227 e. The highest BCUT2D eigenvalue weighted by molar-refractivity contribution is 6.30. The van der Waals surface area contributed by atoms with Gasteiger partial charge in [0.25, 0.3) is 0 Å². The van der Waals surface area contributed by atoms with Crippen LogP contribution in [0.2, 0.25) is 5.02 Å². The van der Waals surface area contributed by atoms with Crippen molar-refractivity contribution in [3.05, 3.63) is 34.9 Å².